The molecule has 1 aromatic carbocycles. The number of aromatic amines is 1. The van der Waals surface area contributed by atoms with E-state index in [0.717, 1.165) is 30.7 Å². The lowest BCUT2D eigenvalue weighted by Crippen LogP contribution is -2.27. The Kier molecular flexibility index (Phi) is 4.19. The number of rotatable bonds is 6. The molecule has 122 valence electrons. The van der Waals surface area contributed by atoms with E-state index in [4.69, 9.17) is 0 Å². The fraction of sp³-hybridized carbons (Fsp3) is 0.526. The standard InChI is InChI=1S/C19H26N4/c1-14-2-4-16(5-3-14)19-17(12-21-22-19)11-20-10-15-8-9-23(13-15)18-6-7-18/h2-5,12,15,18,20H,6-11,13H2,1H3,(H,21,22). The maximum absolute atomic E-state index is 4.24. The molecule has 2 fully saturated rings. The first-order chi connectivity index (χ1) is 11.3. The summed E-state index contributed by atoms with van der Waals surface area (Å²) in [7, 11) is 0. The third-order valence-corrected chi connectivity index (χ3v) is 5.19. The average Bonchev–Trinajstić information content (AvgIpc) is 3.12. The van der Waals surface area contributed by atoms with E-state index in [9.17, 15) is 0 Å². The van der Waals surface area contributed by atoms with Gasteiger partial charge in [0.1, 0.15) is 0 Å². The van der Waals surface area contributed by atoms with E-state index in [1.807, 2.05) is 6.20 Å². The van der Waals surface area contributed by atoms with Crippen LogP contribution < -0.4 is 5.32 Å². The molecular formula is C19H26N4. The highest BCUT2D eigenvalue weighted by Crippen LogP contribution is 2.31. The van der Waals surface area contributed by atoms with Crippen molar-refractivity contribution < 1.29 is 0 Å². The zero-order valence-corrected chi connectivity index (χ0v) is 13.9. The number of benzene rings is 1. The van der Waals surface area contributed by atoms with Crippen LogP contribution in [0.15, 0.2) is 30.5 Å². The molecule has 0 amide bonds. The molecule has 0 bridgehead atoms. The Labute approximate surface area is 138 Å². The molecule has 1 aromatic heterocycles. The highest BCUT2D eigenvalue weighted by molar-refractivity contribution is 5.62. The summed E-state index contributed by atoms with van der Waals surface area (Å²) in [5.41, 5.74) is 4.90. The average molecular weight is 310 g/mol. The number of nitrogens with zero attached hydrogens (tertiary/aromatic N) is 2. The number of aromatic nitrogens is 2. The van der Waals surface area contributed by atoms with Gasteiger partial charge in [-0.05, 0) is 50.8 Å². The predicted molar refractivity (Wildman–Crippen MR) is 93.2 cm³/mol. The minimum Gasteiger partial charge on any atom is -0.312 e. The fourth-order valence-corrected chi connectivity index (χ4v) is 3.63. The Hall–Kier alpha value is -1.65. The third-order valence-electron chi connectivity index (χ3n) is 5.19. The van der Waals surface area contributed by atoms with E-state index >= 15 is 0 Å². The van der Waals surface area contributed by atoms with Crippen LogP contribution in [0.5, 0.6) is 0 Å². The lowest BCUT2D eigenvalue weighted by atomic mass is 10.1. The van der Waals surface area contributed by atoms with Crippen molar-refractivity contribution >= 4 is 0 Å². The van der Waals surface area contributed by atoms with Crippen molar-refractivity contribution in [2.45, 2.75) is 38.8 Å². The molecule has 2 heterocycles. The Bertz CT molecular complexity index is 642. The van der Waals surface area contributed by atoms with Crippen LogP contribution in [0.4, 0.5) is 0 Å². The lowest BCUT2D eigenvalue weighted by Gasteiger charge is -2.15. The van der Waals surface area contributed by atoms with Gasteiger partial charge >= 0.3 is 0 Å². The van der Waals surface area contributed by atoms with Crippen LogP contribution in [0, 0.1) is 12.8 Å². The highest BCUT2D eigenvalue weighted by atomic mass is 15.2. The molecule has 2 aromatic rings. The summed E-state index contributed by atoms with van der Waals surface area (Å²) in [6.45, 7) is 6.71. The number of H-pyrrole nitrogens is 1. The van der Waals surface area contributed by atoms with Gasteiger partial charge in [0.2, 0.25) is 0 Å². The second-order valence-electron chi connectivity index (χ2n) is 7.15. The summed E-state index contributed by atoms with van der Waals surface area (Å²) in [4.78, 5) is 2.68. The second kappa shape index (κ2) is 6.46. The molecule has 0 radical (unpaired) electrons. The minimum atomic E-state index is 0.810. The number of hydrogen-bond donors (Lipinski definition) is 2. The van der Waals surface area contributed by atoms with E-state index in [2.05, 4.69) is 51.6 Å². The Morgan fingerprint density at radius 2 is 2.04 bits per heavy atom. The summed E-state index contributed by atoms with van der Waals surface area (Å²) in [5.74, 6) is 0.810. The van der Waals surface area contributed by atoms with Gasteiger partial charge in [0.25, 0.3) is 0 Å². The van der Waals surface area contributed by atoms with E-state index in [0.29, 0.717) is 0 Å². The quantitative estimate of drug-likeness (QED) is 0.862. The first-order valence-corrected chi connectivity index (χ1v) is 8.83. The summed E-state index contributed by atoms with van der Waals surface area (Å²) >= 11 is 0. The Morgan fingerprint density at radius 3 is 2.83 bits per heavy atom. The third kappa shape index (κ3) is 3.48. The van der Waals surface area contributed by atoms with Gasteiger partial charge in [-0.3, -0.25) is 5.10 Å². The Balaban J connectivity index is 1.31. The van der Waals surface area contributed by atoms with Crippen LogP contribution in [0.1, 0.15) is 30.4 Å². The van der Waals surface area contributed by atoms with Gasteiger partial charge in [-0.25, -0.2) is 0 Å². The van der Waals surface area contributed by atoms with Crippen LogP contribution in [-0.4, -0.2) is 40.8 Å². The SMILES string of the molecule is Cc1ccc(-c2[nH]ncc2CNCC2CCN(C3CC3)C2)cc1. The van der Waals surface area contributed by atoms with Gasteiger partial charge in [0, 0.05) is 24.7 Å². The molecule has 4 rings (SSSR count). The van der Waals surface area contributed by atoms with E-state index in [1.165, 1.54) is 49.0 Å². The zero-order chi connectivity index (χ0) is 15.6. The van der Waals surface area contributed by atoms with Gasteiger partial charge in [-0.15, -0.1) is 0 Å². The van der Waals surface area contributed by atoms with Gasteiger partial charge in [0.05, 0.1) is 11.9 Å². The normalized spacial score (nSPS) is 21.9. The van der Waals surface area contributed by atoms with Crippen molar-refractivity contribution in [2.75, 3.05) is 19.6 Å². The molecule has 2 N–H and O–H groups in total. The minimum absolute atomic E-state index is 0.810. The Morgan fingerprint density at radius 1 is 1.22 bits per heavy atom. The zero-order valence-electron chi connectivity index (χ0n) is 13.9. The van der Waals surface area contributed by atoms with Gasteiger partial charge < -0.3 is 10.2 Å². The number of aryl methyl sites for hydroxylation is 1. The van der Waals surface area contributed by atoms with Crippen LogP contribution >= 0.6 is 0 Å². The molecule has 1 atom stereocenters. The van der Waals surface area contributed by atoms with Crippen LogP contribution in [-0.2, 0) is 6.54 Å². The monoisotopic (exact) mass is 310 g/mol. The fourth-order valence-electron chi connectivity index (χ4n) is 3.63. The van der Waals surface area contributed by atoms with Gasteiger partial charge in [-0.1, -0.05) is 29.8 Å². The summed E-state index contributed by atoms with van der Waals surface area (Å²) in [5, 5.41) is 11.0. The smallest absolute Gasteiger partial charge is 0.0695 e. The molecule has 23 heavy (non-hydrogen) atoms. The molecule has 4 heteroatoms. The number of likely N-dealkylation sites (tertiary alicyclic amines) is 1. The van der Waals surface area contributed by atoms with Crippen LogP contribution in [0.25, 0.3) is 11.3 Å². The summed E-state index contributed by atoms with van der Waals surface area (Å²) < 4.78 is 0. The highest BCUT2D eigenvalue weighted by Gasteiger charge is 2.33. The van der Waals surface area contributed by atoms with E-state index < -0.39 is 0 Å². The first-order valence-electron chi connectivity index (χ1n) is 8.83. The van der Waals surface area contributed by atoms with Crippen molar-refractivity contribution in [2.24, 2.45) is 5.92 Å². The van der Waals surface area contributed by atoms with Crippen molar-refractivity contribution in [3.8, 4) is 11.3 Å². The second-order valence-corrected chi connectivity index (χ2v) is 7.15. The van der Waals surface area contributed by atoms with Crippen molar-refractivity contribution in [1.82, 2.24) is 20.4 Å². The maximum atomic E-state index is 4.24. The molecule has 1 aliphatic heterocycles. The van der Waals surface area contributed by atoms with Crippen molar-refractivity contribution in [3.63, 3.8) is 0 Å². The number of hydrogen-bond acceptors (Lipinski definition) is 3. The largest absolute Gasteiger partial charge is 0.312 e. The molecular weight excluding hydrogens is 284 g/mol. The molecule has 4 nitrogen and oxygen atoms in total. The molecule has 1 saturated carbocycles. The molecule has 0 spiro atoms. The summed E-state index contributed by atoms with van der Waals surface area (Å²) in [6, 6.07) is 9.55. The molecule has 1 saturated heterocycles. The van der Waals surface area contributed by atoms with Crippen LogP contribution in [0.2, 0.25) is 0 Å². The van der Waals surface area contributed by atoms with Crippen LogP contribution in [0.3, 0.4) is 0 Å². The number of nitrogens with one attached hydrogen (secondary N) is 2. The van der Waals surface area contributed by atoms with Gasteiger partial charge in [-0.2, -0.15) is 5.10 Å². The summed E-state index contributed by atoms with van der Waals surface area (Å²) in [6.07, 6.45) is 6.15. The van der Waals surface area contributed by atoms with E-state index in [1.54, 1.807) is 0 Å². The van der Waals surface area contributed by atoms with Crippen molar-refractivity contribution in [1.29, 1.82) is 0 Å². The lowest BCUT2D eigenvalue weighted by molar-refractivity contribution is 0.312. The maximum Gasteiger partial charge on any atom is 0.0695 e. The van der Waals surface area contributed by atoms with E-state index in [-0.39, 0.29) is 0 Å². The molecule has 1 unspecified atom stereocenters. The topological polar surface area (TPSA) is 44.0 Å². The van der Waals surface area contributed by atoms with Crippen molar-refractivity contribution in [3.05, 3.63) is 41.6 Å². The molecule has 1 aliphatic carbocycles. The van der Waals surface area contributed by atoms with Gasteiger partial charge in [0.15, 0.2) is 0 Å². The predicted octanol–water partition coefficient (Wildman–Crippen LogP) is 2.96. The molecule has 2 aliphatic rings. The first kappa shape index (κ1) is 14.9.